The molecule has 1 N–H and O–H groups in total. The first kappa shape index (κ1) is 22.9. The molecule has 2 atom stereocenters. The molecular weight excluding hydrogens is 497 g/mol. The summed E-state index contributed by atoms with van der Waals surface area (Å²) in [6, 6.07) is 3.32. The molecule has 2 fully saturated rings. The maximum atomic E-state index is 13.8. The summed E-state index contributed by atoms with van der Waals surface area (Å²) < 4.78 is 27.6. The summed E-state index contributed by atoms with van der Waals surface area (Å²) in [6.07, 6.45) is 3.77. The molecule has 3 aliphatic rings. The summed E-state index contributed by atoms with van der Waals surface area (Å²) in [4.78, 5) is 31.1. The number of fused-ring (bicyclic) bond motifs is 4. The van der Waals surface area contributed by atoms with Gasteiger partial charge in [-0.05, 0) is 13.0 Å². The van der Waals surface area contributed by atoms with E-state index in [1.165, 1.54) is 0 Å². The van der Waals surface area contributed by atoms with Crippen LogP contribution in [0.1, 0.15) is 41.3 Å². The van der Waals surface area contributed by atoms with Crippen molar-refractivity contribution < 1.29 is 13.6 Å². The maximum absolute atomic E-state index is 13.8. The number of nitrogens with one attached hydrogen (secondary N) is 1. The molecule has 2 saturated heterocycles. The van der Waals surface area contributed by atoms with Gasteiger partial charge in [0.1, 0.15) is 0 Å². The summed E-state index contributed by atoms with van der Waals surface area (Å²) >= 11 is 12.6. The van der Waals surface area contributed by atoms with E-state index >= 15 is 0 Å². The monoisotopic (exact) mass is 520 g/mol. The van der Waals surface area contributed by atoms with Crippen LogP contribution >= 0.6 is 23.2 Å². The SMILES string of the molecule is CC1c2c([nH]c3c(Cl)c(Cl)ccc23)CCN1C(=O)c1ncc(N2CCN3CC(F)(F)CC3C2)cn1. The molecule has 1 amide bonds. The Morgan fingerprint density at radius 1 is 1.17 bits per heavy atom. The second-order valence-electron chi connectivity index (χ2n) is 9.62. The number of rotatable bonds is 2. The van der Waals surface area contributed by atoms with Crippen molar-refractivity contribution in [3.8, 4) is 0 Å². The lowest BCUT2D eigenvalue weighted by Crippen LogP contribution is -2.50. The zero-order valence-corrected chi connectivity index (χ0v) is 20.6. The topological polar surface area (TPSA) is 68.4 Å². The van der Waals surface area contributed by atoms with E-state index in [4.69, 9.17) is 23.2 Å². The lowest BCUT2D eigenvalue weighted by molar-refractivity contribution is 0.0125. The number of aromatic nitrogens is 3. The number of H-pyrrole nitrogens is 1. The van der Waals surface area contributed by atoms with Gasteiger partial charge in [0.2, 0.25) is 5.82 Å². The van der Waals surface area contributed by atoms with Crippen LogP contribution in [0.15, 0.2) is 24.5 Å². The smallest absolute Gasteiger partial charge is 0.292 e. The third-order valence-electron chi connectivity index (χ3n) is 7.50. The minimum Gasteiger partial charge on any atom is -0.366 e. The molecule has 0 spiro atoms. The van der Waals surface area contributed by atoms with E-state index in [9.17, 15) is 13.6 Å². The van der Waals surface area contributed by atoms with Gasteiger partial charge in [-0.1, -0.05) is 29.3 Å². The maximum Gasteiger partial charge on any atom is 0.292 e. The Bertz CT molecular complexity index is 1310. The van der Waals surface area contributed by atoms with Gasteiger partial charge in [0.15, 0.2) is 0 Å². The number of aromatic amines is 1. The number of carbonyl (C=O) groups excluding carboxylic acids is 1. The van der Waals surface area contributed by atoms with Gasteiger partial charge in [0.05, 0.1) is 46.2 Å². The Morgan fingerprint density at radius 3 is 2.71 bits per heavy atom. The molecule has 0 bridgehead atoms. The van der Waals surface area contributed by atoms with Gasteiger partial charge in [-0.3, -0.25) is 9.69 Å². The van der Waals surface area contributed by atoms with E-state index in [0.717, 1.165) is 27.8 Å². The quantitative estimate of drug-likeness (QED) is 0.536. The molecule has 2 unspecified atom stereocenters. The van der Waals surface area contributed by atoms with E-state index in [1.807, 2.05) is 22.8 Å². The number of amides is 1. The van der Waals surface area contributed by atoms with E-state index in [2.05, 4.69) is 15.0 Å². The second kappa shape index (κ2) is 8.28. The third kappa shape index (κ3) is 3.84. The summed E-state index contributed by atoms with van der Waals surface area (Å²) in [7, 11) is 0. The van der Waals surface area contributed by atoms with Gasteiger partial charge in [-0.25, -0.2) is 18.7 Å². The molecule has 0 radical (unpaired) electrons. The fraction of sp³-hybridized carbons (Fsp3) is 0.458. The molecule has 2 aromatic heterocycles. The molecule has 7 nitrogen and oxygen atoms in total. The summed E-state index contributed by atoms with van der Waals surface area (Å²) in [5, 5.41) is 1.91. The van der Waals surface area contributed by atoms with Crippen LogP contribution in [0.4, 0.5) is 14.5 Å². The minimum absolute atomic E-state index is 0.121. The molecule has 0 saturated carbocycles. The van der Waals surface area contributed by atoms with Crippen molar-refractivity contribution in [1.82, 2.24) is 24.8 Å². The van der Waals surface area contributed by atoms with Crippen LogP contribution in [-0.2, 0) is 6.42 Å². The van der Waals surface area contributed by atoms with Crippen molar-refractivity contribution in [2.45, 2.75) is 37.8 Å². The van der Waals surface area contributed by atoms with Gasteiger partial charge >= 0.3 is 0 Å². The Balaban J connectivity index is 1.20. The highest BCUT2D eigenvalue weighted by molar-refractivity contribution is 6.45. The largest absolute Gasteiger partial charge is 0.366 e. The first-order chi connectivity index (χ1) is 16.7. The number of alkyl halides is 2. The van der Waals surface area contributed by atoms with Gasteiger partial charge in [0, 0.05) is 61.7 Å². The lowest BCUT2D eigenvalue weighted by atomic mass is 9.97. The highest BCUT2D eigenvalue weighted by atomic mass is 35.5. The first-order valence-electron chi connectivity index (χ1n) is 11.7. The molecule has 6 rings (SSSR count). The van der Waals surface area contributed by atoms with E-state index in [1.54, 1.807) is 23.4 Å². The van der Waals surface area contributed by atoms with Gasteiger partial charge in [0.25, 0.3) is 11.8 Å². The predicted molar refractivity (Wildman–Crippen MR) is 131 cm³/mol. The van der Waals surface area contributed by atoms with Crippen molar-refractivity contribution in [1.29, 1.82) is 0 Å². The Kier molecular flexibility index (Phi) is 5.43. The number of halogens is 4. The zero-order chi connectivity index (χ0) is 24.5. The lowest BCUT2D eigenvalue weighted by Gasteiger charge is -2.38. The molecule has 0 aliphatic carbocycles. The molecule has 5 heterocycles. The van der Waals surface area contributed by atoms with Crippen LogP contribution in [0, 0.1) is 0 Å². The minimum atomic E-state index is -2.62. The fourth-order valence-electron chi connectivity index (χ4n) is 5.77. The molecule has 1 aromatic carbocycles. The molecular formula is C24H24Cl2F2N6O. The van der Waals surface area contributed by atoms with Crippen LogP contribution in [-0.4, -0.2) is 75.3 Å². The van der Waals surface area contributed by atoms with Crippen LogP contribution in [0.5, 0.6) is 0 Å². The first-order valence-corrected chi connectivity index (χ1v) is 12.5. The Labute approximate surface area is 211 Å². The third-order valence-corrected chi connectivity index (χ3v) is 8.31. The van der Waals surface area contributed by atoms with Crippen molar-refractivity contribution in [2.75, 3.05) is 37.6 Å². The van der Waals surface area contributed by atoms with E-state index in [0.29, 0.717) is 42.6 Å². The molecule has 35 heavy (non-hydrogen) atoms. The summed E-state index contributed by atoms with van der Waals surface area (Å²) in [5.41, 5.74) is 3.61. The van der Waals surface area contributed by atoms with Gasteiger partial charge < -0.3 is 14.8 Å². The van der Waals surface area contributed by atoms with E-state index < -0.39 is 5.92 Å². The van der Waals surface area contributed by atoms with Crippen LogP contribution in [0.25, 0.3) is 10.9 Å². The van der Waals surface area contributed by atoms with Gasteiger partial charge in [-0.15, -0.1) is 0 Å². The second-order valence-corrected chi connectivity index (χ2v) is 10.4. The molecule has 11 heteroatoms. The molecule has 184 valence electrons. The predicted octanol–water partition coefficient (Wildman–Crippen LogP) is 4.55. The molecule has 3 aliphatic heterocycles. The highest BCUT2D eigenvalue weighted by Crippen LogP contribution is 2.40. The van der Waals surface area contributed by atoms with Gasteiger partial charge in [-0.2, -0.15) is 0 Å². The Morgan fingerprint density at radius 2 is 1.94 bits per heavy atom. The Hall–Kier alpha value is -2.49. The number of benzene rings is 1. The van der Waals surface area contributed by atoms with E-state index in [-0.39, 0.29) is 36.8 Å². The number of piperazine rings is 1. The number of hydrogen-bond acceptors (Lipinski definition) is 5. The number of nitrogens with zero attached hydrogens (tertiary/aromatic N) is 5. The summed E-state index contributed by atoms with van der Waals surface area (Å²) in [5.74, 6) is -2.75. The van der Waals surface area contributed by atoms with Crippen molar-refractivity contribution in [3.63, 3.8) is 0 Å². The average molecular weight is 521 g/mol. The van der Waals surface area contributed by atoms with Crippen molar-refractivity contribution in [3.05, 3.63) is 51.7 Å². The highest BCUT2D eigenvalue weighted by Gasteiger charge is 2.46. The number of carbonyl (C=O) groups is 1. The van der Waals surface area contributed by atoms with Crippen LogP contribution in [0.3, 0.4) is 0 Å². The van der Waals surface area contributed by atoms with Crippen molar-refractivity contribution >= 4 is 45.7 Å². The fourth-order valence-corrected chi connectivity index (χ4v) is 6.14. The number of anilines is 1. The normalized spacial score (nSPS) is 24.0. The van der Waals surface area contributed by atoms with Crippen LogP contribution in [0.2, 0.25) is 10.0 Å². The van der Waals surface area contributed by atoms with Crippen LogP contribution < -0.4 is 4.90 Å². The number of hydrogen-bond donors (Lipinski definition) is 1. The summed E-state index contributed by atoms with van der Waals surface area (Å²) in [6.45, 7) is 4.05. The molecule has 3 aromatic rings. The standard InChI is InChI=1S/C24H24Cl2F2N6O/c1-13-19-16-2-3-17(25)20(26)21(16)31-18(19)4-5-34(13)23(35)22-29-9-15(10-30-22)32-6-7-33-12-24(27,28)8-14(33)11-32/h2-3,9-10,13-14,31H,4-8,11-12H2,1H3. The zero-order valence-electron chi connectivity index (χ0n) is 19.1. The van der Waals surface area contributed by atoms with Crippen molar-refractivity contribution in [2.24, 2.45) is 0 Å². The average Bonchev–Trinajstić information content (AvgIpc) is 3.37.